The lowest BCUT2D eigenvalue weighted by molar-refractivity contribution is 0.103. The van der Waals surface area contributed by atoms with Crippen LogP contribution in [-0.2, 0) is 13.2 Å². The molecule has 1 amide bonds. The summed E-state index contributed by atoms with van der Waals surface area (Å²) < 4.78 is 31.8. The minimum atomic E-state index is -0.288. The average Bonchev–Trinajstić information content (AvgIpc) is 3.54. The Morgan fingerprint density at radius 2 is 2.00 bits per heavy atom. The van der Waals surface area contributed by atoms with E-state index in [9.17, 15) is 9.18 Å². The molecule has 0 bridgehead atoms. The van der Waals surface area contributed by atoms with E-state index in [1.807, 2.05) is 43.5 Å². The maximum Gasteiger partial charge on any atom is 0.265 e. The van der Waals surface area contributed by atoms with E-state index in [0.29, 0.717) is 46.7 Å². The first-order valence-electron chi connectivity index (χ1n) is 10.7. The molecule has 3 heterocycles. The third-order valence-electron chi connectivity index (χ3n) is 5.47. The highest BCUT2D eigenvalue weighted by Crippen LogP contribution is 2.35. The number of thiophene rings is 1. The summed E-state index contributed by atoms with van der Waals surface area (Å²) in [6, 6.07) is 13.6. The van der Waals surface area contributed by atoms with E-state index in [2.05, 4.69) is 10.4 Å². The van der Waals surface area contributed by atoms with Crippen molar-refractivity contribution in [1.29, 1.82) is 0 Å². The van der Waals surface area contributed by atoms with E-state index in [0.717, 1.165) is 16.8 Å². The summed E-state index contributed by atoms with van der Waals surface area (Å²) in [5.41, 5.74) is 3.85. The third-order valence-corrected chi connectivity index (χ3v) is 6.45. The molecule has 2 aromatic carbocycles. The van der Waals surface area contributed by atoms with Crippen LogP contribution in [0.5, 0.6) is 17.2 Å². The second-order valence-electron chi connectivity index (χ2n) is 7.91. The zero-order valence-corrected chi connectivity index (χ0v) is 19.4. The first-order chi connectivity index (χ1) is 16.5. The minimum absolute atomic E-state index is 0.212. The van der Waals surface area contributed by atoms with Crippen molar-refractivity contribution in [3.05, 3.63) is 87.1 Å². The molecule has 7 nitrogen and oxygen atoms in total. The normalized spacial score (nSPS) is 12.1. The Bertz CT molecular complexity index is 1360. The fourth-order valence-electron chi connectivity index (χ4n) is 3.72. The Hall–Kier alpha value is -3.85. The molecule has 2 aromatic heterocycles. The highest BCUT2D eigenvalue weighted by molar-refractivity contribution is 7.12. The van der Waals surface area contributed by atoms with Crippen LogP contribution >= 0.6 is 11.3 Å². The van der Waals surface area contributed by atoms with Gasteiger partial charge in [-0.05, 0) is 55.1 Å². The second kappa shape index (κ2) is 9.18. The second-order valence-corrected chi connectivity index (χ2v) is 8.82. The number of rotatable bonds is 7. The predicted octanol–water partition coefficient (Wildman–Crippen LogP) is 5.31. The number of anilines is 1. The van der Waals surface area contributed by atoms with Crippen LogP contribution in [0.25, 0.3) is 0 Å². The third kappa shape index (κ3) is 4.60. The SMILES string of the molecule is Cc1nn(Cc2cccc(F)c2)c(C)c1NC(=O)c1cc(COc2ccc3c(c2)OCO3)cs1. The molecule has 0 unspecified atom stereocenters. The van der Waals surface area contributed by atoms with Crippen molar-refractivity contribution in [1.82, 2.24) is 9.78 Å². The van der Waals surface area contributed by atoms with Crippen molar-refractivity contribution in [2.24, 2.45) is 0 Å². The van der Waals surface area contributed by atoms with Gasteiger partial charge in [0.25, 0.3) is 5.91 Å². The molecule has 0 spiro atoms. The van der Waals surface area contributed by atoms with Crippen molar-refractivity contribution in [2.45, 2.75) is 27.0 Å². The Labute approximate surface area is 199 Å². The summed E-state index contributed by atoms with van der Waals surface area (Å²) in [6.45, 7) is 4.68. The molecule has 1 aliphatic heterocycles. The van der Waals surface area contributed by atoms with Crippen LogP contribution in [0.3, 0.4) is 0 Å². The van der Waals surface area contributed by atoms with Gasteiger partial charge in [0.1, 0.15) is 18.2 Å². The number of amides is 1. The van der Waals surface area contributed by atoms with Gasteiger partial charge in [0.05, 0.1) is 28.5 Å². The number of aryl methyl sites for hydroxylation is 1. The summed E-state index contributed by atoms with van der Waals surface area (Å²) in [5, 5.41) is 9.39. The lowest BCUT2D eigenvalue weighted by atomic mass is 10.2. The van der Waals surface area contributed by atoms with E-state index in [4.69, 9.17) is 14.2 Å². The molecule has 1 aliphatic rings. The number of nitrogens with zero attached hydrogens (tertiary/aromatic N) is 2. The fraction of sp³-hybridized carbons (Fsp3) is 0.200. The maximum atomic E-state index is 13.5. The number of ether oxygens (including phenoxy) is 3. The predicted molar refractivity (Wildman–Crippen MR) is 126 cm³/mol. The molecule has 0 aliphatic carbocycles. The van der Waals surface area contributed by atoms with E-state index < -0.39 is 0 Å². The van der Waals surface area contributed by atoms with Gasteiger partial charge < -0.3 is 19.5 Å². The molecule has 174 valence electrons. The average molecular weight is 480 g/mol. The van der Waals surface area contributed by atoms with E-state index >= 15 is 0 Å². The quantitative estimate of drug-likeness (QED) is 0.389. The van der Waals surface area contributed by atoms with E-state index in [1.165, 1.54) is 23.5 Å². The summed E-state index contributed by atoms with van der Waals surface area (Å²) in [7, 11) is 0. The largest absolute Gasteiger partial charge is 0.489 e. The monoisotopic (exact) mass is 479 g/mol. The molecular formula is C25H22FN3O4S. The van der Waals surface area contributed by atoms with Crippen LogP contribution in [0.2, 0.25) is 0 Å². The molecule has 0 saturated heterocycles. The molecular weight excluding hydrogens is 457 g/mol. The molecule has 1 N–H and O–H groups in total. The number of carbonyl (C=O) groups is 1. The van der Waals surface area contributed by atoms with Gasteiger partial charge in [-0.1, -0.05) is 12.1 Å². The number of nitrogens with one attached hydrogen (secondary N) is 1. The Morgan fingerprint density at radius 1 is 1.15 bits per heavy atom. The van der Waals surface area contributed by atoms with Crippen LogP contribution in [0, 0.1) is 19.7 Å². The number of fused-ring (bicyclic) bond motifs is 1. The van der Waals surface area contributed by atoms with Crippen molar-refractivity contribution in [2.75, 3.05) is 12.1 Å². The zero-order chi connectivity index (χ0) is 23.7. The van der Waals surface area contributed by atoms with Gasteiger partial charge in [-0.3, -0.25) is 9.48 Å². The van der Waals surface area contributed by atoms with Gasteiger partial charge in [-0.25, -0.2) is 4.39 Å². The van der Waals surface area contributed by atoms with Crippen molar-refractivity contribution in [3.8, 4) is 17.2 Å². The summed E-state index contributed by atoms with van der Waals surface area (Å²) in [4.78, 5) is 13.5. The van der Waals surface area contributed by atoms with Gasteiger partial charge in [-0.15, -0.1) is 11.3 Å². The van der Waals surface area contributed by atoms with Crippen LogP contribution in [0.4, 0.5) is 10.1 Å². The molecule has 9 heteroatoms. The molecule has 34 heavy (non-hydrogen) atoms. The number of halogens is 1. The van der Waals surface area contributed by atoms with Crippen molar-refractivity contribution in [3.63, 3.8) is 0 Å². The van der Waals surface area contributed by atoms with Crippen LogP contribution in [0.1, 0.15) is 32.2 Å². The van der Waals surface area contributed by atoms with Gasteiger partial charge >= 0.3 is 0 Å². The van der Waals surface area contributed by atoms with Crippen LogP contribution < -0.4 is 19.5 Å². The molecule has 4 aromatic rings. The standard InChI is InChI=1S/C25H22FN3O4S/c1-15-24(16(2)29(28-15)11-17-4-3-5-19(26)8-17)27-25(30)23-9-18(13-34-23)12-31-20-6-7-21-22(10-20)33-14-32-21/h3-10,13H,11-12,14H2,1-2H3,(H,27,30). The minimum Gasteiger partial charge on any atom is -0.489 e. The first kappa shape index (κ1) is 22.0. The summed E-state index contributed by atoms with van der Waals surface area (Å²) in [6.07, 6.45) is 0. The molecule has 5 rings (SSSR count). The summed E-state index contributed by atoms with van der Waals surface area (Å²) >= 11 is 1.35. The Morgan fingerprint density at radius 3 is 2.85 bits per heavy atom. The zero-order valence-electron chi connectivity index (χ0n) is 18.6. The highest BCUT2D eigenvalue weighted by Gasteiger charge is 2.18. The number of aromatic nitrogens is 2. The number of hydrogen-bond acceptors (Lipinski definition) is 6. The van der Waals surface area contributed by atoms with E-state index in [-0.39, 0.29) is 18.5 Å². The summed E-state index contributed by atoms with van der Waals surface area (Å²) in [5.74, 6) is 1.52. The lowest BCUT2D eigenvalue weighted by Crippen LogP contribution is -2.12. The number of carbonyl (C=O) groups excluding carboxylic acids is 1. The van der Waals surface area contributed by atoms with Crippen LogP contribution in [0.15, 0.2) is 53.9 Å². The van der Waals surface area contributed by atoms with Gasteiger partial charge in [0, 0.05) is 11.6 Å². The van der Waals surface area contributed by atoms with Crippen molar-refractivity contribution >= 4 is 22.9 Å². The Kier molecular flexibility index (Phi) is 5.93. The van der Waals surface area contributed by atoms with E-state index in [1.54, 1.807) is 16.8 Å². The topological polar surface area (TPSA) is 74.6 Å². The first-order valence-corrected chi connectivity index (χ1v) is 11.5. The van der Waals surface area contributed by atoms with Crippen molar-refractivity contribution < 1.29 is 23.4 Å². The Balaban J connectivity index is 1.23. The number of hydrogen-bond donors (Lipinski definition) is 1. The number of benzene rings is 2. The maximum absolute atomic E-state index is 13.5. The van der Waals surface area contributed by atoms with Gasteiger partial charge in [0.2, 0.25) is 6.79 Å². The fourth-order valence-corrected chi connectivity index (χ4v) is 4.51. The van der Waals surface area contributed by atoms with Gasteiger partial charge in [0.15, 0.2) is 11.5 Å². The highest BCUT2D eigenvalue weighted by atomic mass is 32.1. The lowest BCUT2D eigenvalue weighted by Gasteiger charge is -2.07. The molecule has 0 saturated carbocycles. The molecule has 0 radical (unpaired) electrons. The van der Waals surface area contributed by atoms with Gasteiger partial charge in [-0.2, -0.15) is 5.10 Å². The smallest absolute Gasteiger partial charge is 0.265 e. The van der Waals surface area contributed by atoms with Crippen LogP contribution in [-0.4, -0.2) is 22.5 Å². The molecule has 0 fully saturated rings. The molecule has 0 atom stereocenters.